The Hall–Kier alpha value is -0.380. The van der Waals surface area contributed by atoms with Crippen LogP contribution >= 0.6 is 15.9 Å². The average Bonchev–Trinajstić information content (AvgIpc) is 2.35. The molecule has 1 heterocycles. The van der Waals surface area contributed by atoms with E-state index in [1.54, 1.807) is 0 Å². The van der Waals surface area contributed by atoms with E-state index < -0.39 is 0 Å². The van der Waals surface area contributed by atoms with Crippen molar-refractivity contribution in [3.63, 3.8) is 0 Å². The number of hydrogen-bond acceptors (Lipinski definition) is 2. The average molecular weight is 325 g/mol. The van der Waals surface area contributed by atoms with Gasteiger partial charge < -0.3 is 5.32 Å². The molecule has 1 N–H and O–H groups in total. The Kier molecular flexibility index (Phi) is 6.35. The molecule has 2 rings (SSSR count). The van der Waals surface area contributed by atoms with E-state index >= 15 is 0 Å². The number of nitrogens with zero attached hydrogens (tertiary/aromatic N) is 1. The van der Waals surface area contributed by atoms with Crippen LogP contribution in [-0.2, 0) is 13.1 Å². The van der Waals surface area contributed by atoms with Gasteiger partial charge in [0.15, 0.2) is 0 Å². The zero-order valence-corrected chi connectivity index (χ0v) is 13.5. The third-order valence-electron chi connectivity index (χ3n) is 3.84. The van der Waals surface area contributed by atoms with Crippen molar-refractivity contribution in [2.75, 3.05) is 20.1 Å². The molecule has 1 aromatic rings. The Morgan fingerprint density at radius 3 is 2.42 bits per heavy atom. The molecule has 0 radical (unpaired) electrons. The van der Waals surface area contributed by atoms with Gasteiger partial charge in [-0.15, -0.1) is 0 Å². The monoisotopic (exact) mass is 324 g/mol. The molecule has 19 heavy (non-hydrogen) atoms. The summed E-state index contributed by atoms with van der Waals surface area (Å²) in [6.45, 7) is 4.53. The molecule has 0 unspecified atom stereocenters. The molecule has 0 bridgehead atoms. The van der Waals surface area contributed by atoms with Gasteiger partial charge in [-0.05, 0) is 50.2 Å². The molecule has 0 spiro atoms. The Morgan fingerprint density at radius 1 is 1.11 bits per heavy atom. The minimum absolute atomic E-state index is 0.933. The third kappa shape index (κ3) is 4.90. The van der Waals surface area contributed by atoms with Crippen molar-refractivity contribution in [1.29, 1.82) is 0 Å². The molecule has 1 aromatic carbocycles. The molecule has 0 amide bonds. The summed E-state index contributed by atoms with van der Waals surface area (Å²) in [6, 6.07) is 6.76. The summed E-state index contributed by atoms with van der Waals surface area (Å²) in [7, 11) is 1.99. The highest BCUT2D eigenvalue weighted by Crippen LogP contribution is 2.21. The maximum Gasteiger partial charge on any atom is 0.0244 e. The van der Waals surface area contributed by atoms with Crippen LogP contribution in [0, 0.1) is 0 Å². The highest BCUT2D eigenvalue weighted by molar-refractivity contribution is 9.10. The van der Waals surface area contributed by atoms with Gasteiger partial charge in [-0.25, -0.2) is 0 Å². The van der Waals surface area contributed by atoms with Gasteiger partial charge in [-0.3, -0.25) is 4.90 Å². The van der Waals surface area contributed by atoms with Gasteiger partial charge in [0.2, 0.25) is 0 Å². The molecule has 1 saturated heterocycles. The van der Waals surface area contributed by atoms with Crippen LogP contribution in [0.25, 0.3) is 0 Å². The number of rotatable bonds is 4. The lowest BCUT2D eigenvalue weighted by Crippen LogP contribution is -2.27. The Labute approximate surface area is 125 Å². The van der Waals surface area contributed by atoms with Gasteiger partial charge in [0, 0.05) is 17.6 Å². The first-order valence-corrected chi connectivity index (χ1v) is 8.23. The highest BCUT2D eigenvalue weighted by atomic mass is 79.9. The van der Waals surface area contributed by atoms with Crippen LogP contribution in [-0.4, -0.2) is 25.0 Å². The van der Waals surface area contributed by atoms with Crippen LogP contribution < -0.4 is 5.32 Å². The molecule has 1 aliphatic heterocycles. The second-order valence-corrected chi connectivity index (χ2v) is 6.35. The molecule has 0 aromatic heterocycles. The summed E-state index contributed by atoms with van der Waals surface area (Å²) in [5.41, 5.74) is 2.76. The van der Waals surface area contributed by atoms with E-state index in [0.29, 0.717) is 0 Å². The Morgan fingerprint density at radius 2 is 1.79 bits per heavy atom. The summed E-state index contributed by atoms with van der Waals surface area (Å²) >= 11 is 3.72. The van der Waals surface area contributed by atoms with Crippen molar-refractivity contribution in [1.82, 2.24) is 10.2 Å². The summed E-state index contributed by atoms with van der Waals surface area (Å²) in [6.07, 6.45) is 6.94. The zero-order chi connectivity index (χ0) is 13.5. The molecule has 1 fully saturated rings. The van der Waals surface area contributed by atoms with Gasteiger partial charge in [-0.2, -0.15) is 0 Å². The van der Waals surface area contributed by atoms with Crippen LogP contribution in [0.2, 0.25) is 0 Å². The van der Waals surface area contributed by atoms with E-state index in [4.69, 9.17) is 0 Å². The molecule has 106 valence electrons. The van der Waals surface area contributed by atoms with Crippen molar-refractivity contribution in [2.24, 2.45) is 0 Å². The fourth-order valence-electron chi connectivity index (χ4n) is 2.75. The number of likely N-dealkylation sites (tertiary alicyclic amines) is 1. The van der Waals surface area contributed by atoms with Crippen molar-refractivity contribution >= 4 is 15.9 Å². The number of hydrogen-bond donors (Lipinski definition) is 1. The first kappa shape index (κ1) is 15.0. The maximum absolute atomic E-state index is 3.72. The minimum atomic E-state index is 0.933. The van der Waals surface area contributed by atoms with Crippen LogP contribution in [0.5, 0.6) is 0 Å². The molecular formula is C16H25BrN2. The second kappa shape index (κ2) is 8.03. The van der Waals surface area contributed by atoms with Crippen LogP contribution in [0.1, 0.15) is 43.2 Å². The van der Waals surface area contributed by atoms with Crippen LogP contribution in [0.15, 0.2) is 22.7 Å². The summed E-state index contributed by atoms with van der Waals surface area (Å²) in [5, 5.41) is 3.20. The van der Waals surface area contributed by atoms with E-state index in [1.165, 1.54) is 60.8 Å². The summed E-state index contributed by atoms with van der Waals surface area (Å²) < 4.78 is 1.25. The summed E-state index contributed by atoms with van der Waals surface area (Å²) in [4.78, 5) is 2.61. The van der Waals surface area contributed by atoms with E-state index in [-0.39, 0.29) is 0 Å². The fraction of sp³-hybridized carbons (Fsp3) is 0.625. The molecule has 0 atom stereocenters. The van der Waals surface area contributed by atoms with Crippen molar-refractivity contribution in [2.45, 2.75) is 45.2 Å². The quantitative estimate of drug-likeness (QED) is 0.902. The lowest BCUT2D eigenvalue weighted by atomic mass is 10.1. The van der Waals surface area contributed by atoms with Crippen LogP contribution in [0.3, 0.4) is 0 Å². The Balaban J connectivity index is 1.97. The smallest absolute Gasteiger partial charge is 0.0244 e. The van der Waals surface area contributed by atoms with Gasteiger partial charge in [0.05, 0.1) is 0 Å². The zero-order valence-electron chi connectivity index (χ0n) is 11.9. The van der Waals surface area contributed by atoms with Crippen molar-refractivity contribution in [3.8, 4) is 0 Å². The predicted molar refractivity (Wildman–Crippen MR) is 85.3 cm³/mol. The normalized spacial score (nSPS) is 18.0. The molecule has 0 saturated carbocycles. The van der Waals surface area contributed by atoms with Gasteiger partial charge >= 0.3 is 0 Å². The Bertz CT molecular complexity index is 384. The molecule has 3 heteroatoms. The SMILES string of the molecule is CNCc1ccc(CN2CCCCCCC2)c(Br)c1. The van der Waals surface area contributed by atoms with Crippen molar-refractivity contribution < 1.29 is 0 Å². The highest BCUT2D eigenvalue weighted by Gasteiger charge is 2.10. The lowest BCUT2D eigenvalue weighted by Gasteiger charge is -2.25. The van der Waals surface area contributed by atoms with E-state index in [9.17, 15) is 0 Å². The largest absolute Gasteiger partial charge is 0.316 e. The van der Waals surface area contributed by atoms with Gasteiger partial charge in [0.25, 0.3) is 0 Å². The summed E-state index contributed by atoms with van der Waals surface area (Å²) in [5.74, 6) is 0. The topological polar surface area (TPSA) is 15.3 Å². The van der Waals surface area contributed by atoms with Gasteiger partial charge in [0.1, 0.15) is 0 Å². The molecule has 1 aliphatic rings. The minimum Gasteiger partial charge on any atom is -0.316 e. The van der Waals surface area contributed by atoms with Crippen molar-refractivity contribution in [3.05, 3.63) is 33.8 Å². The maximum atomic E-state index is 3.72. The molecule has 2 nitrogen and oxygen atoms in total. The standard InChI is InChI=1S/C16H25BrN2/c1-18-12-14-7-8-15(16(17)11-14)13-19-9-5-3-2-4-6-10-19/h7-8,11,18H,2-6,9-10,12-13H2,1H3. The first-order valence-electron chi connectivity index (χ1n) is 7.44. The van der Waals surface area contributed by atoms with E-state index in [2.05, 4.69) is 44.3 Å². The lowest BCUT2D eigenvalue weighted by molar-refractivity contribution is 0.239. The van der Waals surface area contributed by atoms with E-state index in [0.717, 1.165) is 13.1 Å². The number of benzene rings is 1. The van der Waals surface area contributed by atoms with Crippen LogP contribution in [0.4, 0.5) is 0 Å². The first-order chi connectivity index (χ1) is 9.29. The molecule has 0 aliphatic carbocycles. The predicted octanol–water partition coefficient (Wildman–Crippen LogP) is 3.93. The number of nitrogens with one attached hydrogen (secondary N) is 1. The van der Waals surface area contributed by atoms with E-state index in [1.807, 2.05) is 7.05 Å². The third-order valence-corrected chi connectivity index (χ3v) is 4.58. The second-order valence-electron chi connectivity index (χ2n) is 5.50. The number of halogens is 1. The fourth-order valence-corrected chi connectivity index (χ4v) is 3.30. The molecular weight excluding hydrogens is 300 g/mol. The van der Waals surface area contributed by atoms with Gasteiger partial charge in [-0.1, -0.05) is 47.3 Å².